The molecule has 0 aliphatic carbocycles. The van der Waals surface area contributed by atoms with Crippen LogP contribution in [0, 0.1) is 0 Å². The summed E-state index contributed by atoms with van der Waals surface area (Å²) in [4.78, 5) is 38.1. The van der Waals surface area contributed by atoms with Crippen molar-refractivity contribution < 1.29 is 23.9 Å². The van der Waals surface area contributed by atoms with Crippen LogP contribution in [0.15, 0.2) is 30.3 Å². The van der Waals surface area contributed by atoms with Gasteiger partial charge in [0.25, 0.3) is 0 Å². The molecule has 0 bridgehead atoms. The number of alkyl halides is 1. The van der Waals surface area contributed by atoms with E-state index in [0.29, 0.717) is 0 Å². The molecule has 2 amide bonds. The van der Waals surface area contributed by atoms with Crippen molar-refractivity contribution in [1.29, 1.82) is 0 Å². The van der Waals surface area contributed by atoms with Gasteiger partial charge in [-0.1, -0.05) is 41.9 Å². The van der Waals surface area contributed by atoms with E-state index in [-0.39, 0.29) is 24.0 Å². The minimum atomic E-state index is -0.734. The van der Waals surface area contributed by atoms with Gasteiger partial charge in [0.15, 0.2) is 6.07 Å². The van der Waals surface area contributed by atoms with E-state index in [1.54, 1.807) is 0 Å². The van der Waals surface area contributed by atoms with E-state index in [0.717, 1.165) is 5.56 Å². The maximum Gasteiger partial charge on any atom is 0.408 e. The summed E-state index contributed by atoms with van der Waals surface area (Å²) in [5, 5.41) is 2.25. The molecular formula is C17H19ClN2O5S. The zero-order chi connectivity index (χ0) is 18.9. The molecule has 2 heterocycles. The fourth-order valence-electron chi connectivity index (χ4n) is 3.15. The van der Waals surface area contributed by atoms with Crippen molar-refractivity contribution in [3.05, 3.63) is 35.9 Å². The van der Waals surface area contributed by atoms with E-state index in [2.05, 4.69) is 5.32 Å². The van der Waals surface area contributed by atoms with Gasteiger partial charge in [-0.2, -0.15) is 0 Å². The fourth-order valence-corrected chi connectivity index (χ4v) is 4.88. The number of benzene rings is 1. The van der Waals surface area contributed by atoms with E-state index in [4.69, 9.17) is 21.1 Å². The molecule has 3 rings (SSSR count). The number of nitrogens with one attached hydrogen (secondary N) is 1. The summed E-state index contributed by atoms with van der Waals surface area (Å²) >= 11 is 6.90. The fraction of sp³-hybridized carbons (Fsp3) is 0.471. The summed E-state index contributed by atoms with van der Waals surface area (Å²) in [6, 6.07) is 7.52. The Hall–Kier alpha value is -1.93. The summed E-state index contributed by atoms with van der Waals surface area (Å²) in [6.45, 7) is 3.83. The molecule has 2 aliphatic rings. The van der Waals surface area contributed by atoms with Crippen LogP contribution < -0.4 is 5.32 Å². The molecule has 1 N–H and O–H groups in total. The average molecular weight is 399 g/mol. The van der Waals surface area contributed by atoms with Crippen molar-refractivity contribution in [2.75, 3.05) is 6.07 Å². The second-order valence-corrected chi connectivity index (χ2v) is 8.51. The Morgan fingerprint density at radius 3 is 2.62 bits per heavy atom. The number of esters is 1. The molecule has 0 radical (unpaired) electrons. The van der Waals surface area contributed by atoms with Crippen LogP contribution in [0.5, 0.6) is 0 Å². The molecule has 0 aromatic heterocycles. The van der Waals surface area contributed by atoms with Crippen LogP contribution in [0.4, 0.5) is 4.79 Å². The van der Waals surface area contributed by atoms with Crippen LogP contribution in [0.2, 0.25) is 0 Å². The molecule has 3 atom stereocenters. The van der Waals surface area contributed by atoms with Gasteiger partial charge in [-0.15, -0.1) is 11.8 Å². The van der Waals surface area contributed by atoms with Crippen molar-refractivity contribution in [3.8, 4) is 0 Å². The summed E-state index contributed by atoms with van der Waals surface area (Å²) in [5.41, 5.74) is 0.851. The molecular weight excluding hydrogens is 380 g/mol. The van der Waals surface area contributed by atoms with Gasteiger partial charge in [-0.05, 0) is 19.4 Å². The third-order valence-corrected chi connectivity index (χ3v) is 6.03. The molecule has 9 heteroatoms. The van der Waals surface area contributed by atoms with Gasteiger partial charge in [-0.25, -0.2) is 9.59 Å². The molecule has 26 heavy (non-hydrogen) atoms. The normalized spacial score (nSPS) is 25.9. The SMILES string of the molecule is CC1(C)S[C@@H]2[C@H](NC(=O)OCc3ccccc3)C(=O)N2[C@H]1C(=O)OCCl. The highest BCUT2D eigenvalue weighted by molar-refractivity contribution is 8.01. The maximum absolute atomic E-state index is 12.5. The van der Waals surface area contributed by atoms with Crippen LogP contribution in [-0.4, -0.2) is 51.1 Å². The van der Waals surface area contributed by atoms with Crippen molar-refractivity contribution in [1.82, 2.24) is 10.2 Å². The second kappa shape index (κ2) is 7.36. The van der Waals surface area contributed by atoms with E-state index in [9.17, 15) is 14.4 Å². The zero-order valence-corrected chi connectivity index (χ0v) is 15.9. The zero-order valence-electron chi connectivity index (χ0n) is 14.3. The Bertz CT molecular complexity index is 714. The van der Waals surface area contributed by atoms with E-state index < -0.39 is 28.9 Å². The minimum absolute atomic E-state index is 0.116. The van der Waals surface area contributed by atoms with Crippen LogP contribution in [0.3, 0.4) is 0 Å². The highest BCUT2D eigenvalue weighted by Gasteiger charge is 2.64. The number of hydrogen-bond donors (Lipinski definition) is 1. The molecule has 140 valence electrons. The largest absolute Gasteiger partial charge is 0.448 e. The van der Waals surface area contributed by atoms with Gasteiger partial charge in [0.2, 0.25) is 5.91 Å². The molecule has 0 saturated carbocycles. The van der Waals surface area contributed by atoms with Gasteiger partial charge in [0, 0.05) is 4.75 Å². The number of amides is 2. The summed E-state index contributed by atoms with van der Waals surface area (Å²) in [5.74, 6) is -0.875. The first-order valence-corrected chi connectivity index (χ1v) is 9.46. The summed E-state index contributed by atoms with van der Waals surface area (Å²) in [6.07, 6.45) is -0.669. The van der Waals surface area contributed by atoms with Crippen molar-refractivity contribution >= 4 is 41.3 Å². The molecule has 0 unspecified atom stereocenters. The highest BCUT2D eigenvalue weighted by Crippen LogP contribution is 2.51. The number of halogens is 1. The summed E-state index contributed by atoms with van der Waals surface area (Å²) in [7, 11) is 0. The Labute approximate surface area is 160 Å². The number of nitrogens with zero attached hydrogens (tertiary/aromatic N) is 1. The minimum Gasteiger partial charge on any atom is -0.448 e. The Kier molecular flexibility index (Phi) is 5.34. The van der Waals surface area contributed by atoms with Gasteiger partial charge in [0.1, 0.15) is 24.1 Å². The number of carbonyl (C=O) groups is 3. The number of alkyl carbamates (subject to hydrolysis) is 1. The number of carbonyl (C=O) groups excluding carboxylic acids is 3. The van der Waals surface area contributed by atoms with E-state index in [1.807, 2.05) is 44.2 Å². The van der Waals surface area contributed by atoms with Crippen LogP contribution in [-0.2, 0) is 25.7 Å². The second-order valence-electron chi connectivity index (χ2n) is 6.52. The summed E-state index contributed by atoms with van der Waals surface area (Å²) < 4.78 is 9.48. The number of fused-ring (bicyclic) bond motifs is 1. The topological polar surface area (TPSA) is 84.9 Å². The lowest BCUT2D eigenvalue weighted by Gasteiger charge is -2.43. The molecule has 1 aromatic rings. The Morgan fingerprint density at radius 1 is 1.27 bits per heavy atom. The van der Waals surface area contributed by atoms with Gasteiger partial charge >= 0.3 is 12.1 Å². The lowest BCUT2D eigenvalue weighted by atomic mass is 9.96. The number of β-lactam (4-membered cyclic amide) rings is 1. The first-order chi connectivity index (χ1) is 12.3. The molecule has 7 nitrogen and oxygen atoms in total. The molecule has 2 saturated heterocycles. The van der Waals surface area contributed by atoms with Gasteiger partial charge in [-0.3, -0.25) is 4.79 Å². The first-order valence-electron chi connectivity index (χ1n) is 8.05. The average Bonchev–Trinajstić information content (AvgIpc) is 2.87. The first kappa shape index (κ1) is 18.8. The number of ether oxygens (including phenoxy) is 2. The molecule has 0 spiro atoms. The monoisotopic (exact) mass is 398 g/mol. The standard InChI is InChI=1S/C17H19ClN2O5S/c1-17(2)12(15(22)25-9-18)20-13(21)11(14(20)26-17)19-16(23)24-8-10-6-4-3-5-7-10/h3-7,11-12,14H,8-9H2,1-2H3,(H,19,23)/t11-,12+,14-/m1/s1. The number of hydrogen-bond acceptors (Lipinski definition) is 6. The number of rotatable bonds is 5. The van der Waals surface area contributed by atoms with Crippen molar-refractivity contribution in [2.45, 2.75) is 42.7 Å². The van der Waals surface area contributed by atoms with E-state index >= 15 is 0 Å². The van der Waals surface area contributed by atoms with Gasteiger partial charge in [0.05, 0.1) is 0 Å². The predicted molar refractivity (Wildman–Crippen MR) is 96.5 cm³/mol. The lowest BCUT2D eigenvalue weighted by molar-refractivity contribution is -0.162. The van der Waals surface area contributed by atoms with Gasteiger partial charge < -0.3 is 19.7 Å². The predicted octanol–water partition coefficient (Wildman–Crippen LogP) is 2.08. The number of thioether (sulfide) groups is 1. The smallest absolute Gasteiger partial charge is 0.408 e. The van der Waals surface area contributed by atoms with Crippen LogP contribution in [0.25, 0.3) is 0 Å². The molecule has 2 fully saturated rings. The Balaban J connectivity index is 1.59. The van der Waals surface area contributed by atoms with Crippen LogP contribution in [0.1, 0.15) is 19.4 Å². The van der Waals surface area contributed by atoms with Crippen molar-refractivity contribution in [2.24, 2.45) is 0 Å². The quantitative estimate of drug-likeness (QED) is 0.464. The third kappa shape index (κ3) is 3.48. The van der Waals surface area contributed by atoms with Crippen molar-refractivity contribution in [3.63, 3.8) is 0 Å². The lowest BCUT2D eigenvalue weighted by Crippen LogP contribution is -2.70. The molecule has 2 aliphatic heterocycles. The highest BCUT2D eigenvalue weighted by atomic mass is 35.5. The molecule has 1 aromatic carbocycles. The van der Waals surface area contributed by atoms with Crippen LogP contribution >= 0.6 is 23.4 Å². The Morgan fingerprint density at radius 2 is 1.96 bits per heavy atom. The maximum atomic E-state index is 12.5. The van der Waals surface area contributed by atoms with E-state index in [1.165, 1.54) is 16.7 Å². The third-order valence-electron chi connectivity index (χ3n) is 4.35.